The first kappa shape index (κ1) is 19.4. The molecule has 1 saturated carbocycles. The largest absolute Gasteiger partial charge is 0.339 e. The number of likely N-dealkylation sites (tertiary alicyclic amines) is 1. The molecule has 0 amide bonds. The molecule has 2 aliphatic rings. The zero-order valence-electron chi connectivity index (χ0n) is 17.9. The first-order valence-corrected chi connectivity index (χ1v) is 11.1. The molecule has 158 valence electrons. The maximum atomic E-state index is 5.86. The third kappa shape index (κ3) is 3.67. The molecule has 0 bridgehead atoms. The van der Waals surface area contributed by atoms with E-state index in [1.54, 1.807) is 6.33 Å². The molecule has 7 nitrogen and oxygen atoms in total. The highest BCUT2D eigenvalue weighted by atomic mass is 16.5. The van der Waals surface area contributed by atoms with E-state index < -0.39 is 0 Å². The van der Waals surface area contributed by atoms with Crippen molar-refractivity contribution < 1.29 is 4.52 Å². The number of fused-ring (bicyclic) bond motifs is 1. The lowest BCUT2D eigenvalue weighted by Gasteiger charge is -2.24. The first-order valence-electron chi connectivity index (χ1n) is 11.1. The van der Waals surface area contributed by atoms with E-state index in [2.05, 4.69) is 62.9 Å². The Hall–Kier alpha value is -2.54. The van der Waals surface area contributed by atoms with Crippen molar-refractivity contribution in [3.8, 4) is 0 Å². The molecule has 2 aromatic heterocycles. The second-order valence-corrected chi connectivity index (χ2v) is 9.35. The average molecular weight is 407 g/mol. The number of hydrogen-bond donors (Lipinski definition) is 0. The molecular weight excluding hydrogens is 376 g/mol. The summed E-state index contributed by atoms with van der Waals surface area (Å²) in [6.45, 7) is 8.18. The van der Waals surface area contributed by atoms with Gasteiger partial charge in [0.25, 0.3) is 0 Å². The molecule has 1 aliphatic heterocycles. The lowest BCUT2D eigenvalue weighted by atomic mass is 9.80. The number of hydrogen-bond acceptors (Lipinski definition) is 6. The van der Waals surface area contributed by atoms with Crippen LogP contribution < -0.4 is 0 Å². The minimum absolute atomic E-state index is 0.00909. The maximum Gasteiger partial charge on any atom is 0.234 e. The van der Waals surface area contributed by atoms with Gasteiger partial charge in [-0.3, -0.25) is 4.90 Å². The molecule has 2 atom stereocenters. The number of rotatable bonds is 7. The lowest BCUT2D eigenvalue weighted by Crippen LogP contribution is -2.32. The molecule has 2 fully saturated rings. The minimum atomic E-state index is -0.00909. The summed E-state index contributed by atoms with van der Waals surface area (Å²) in [5.41, 5.74) is 1.20. The van der Waals surface area contributed by atoms with E-state index in [4.69, 9.17) is 9.51 Å². The van der Waals surface area contributed by atoms with Crippen LogP contribution in [0.3, 0.4) is 0 Å². The van der Waals surface area contributed by atoms with Gasteiger partial charge in [-0.2, -0.15) is 10.1 Å². The van der Waals surface area contributed by atoms with E-state index in [1.165, 1.54) is 18.4 Å². The molecule has 7 heteroatoms. The molecule has 30 heavy (non-hydrogen) atoms. The van der Waals surface area contributed by atoms with Crippen molar-refractivity contribution in [1.29, 1.82) is 0 Å². The van der Waals surface area contributed by atoms with Crippen molar-refractivity contribution in [2.45, 2.75) is 58.0 Å². The Morgan fingerprint density at radius 2 is 2.10 bits per heavy atom. The van der Waals surface area contributed by atoms with Gasteiger partial charge in [0.2, 0.25) is 5.89 Å². The van der Waals surface area contributed by atoms with Crippen LogP contribution in [0.1, 0.15) is 56.2 Å². The van der Waals surface area contributed by atoms with Gasteiger partial charge in [-0.25, -0.2) is 9.67 Å². The monoisotopic (exact) mass is 406 g/mol. The molecule has 1 saturated heterocycles. The second kappa shape index (κ2) is 7.95. The third-order valence-corrected chi connectivity index (χ3v) is 6.64. The summed E-state index contributed by atoms with van der Waals surface area (Å²) < 4.78 is 7.92. The Labute approximate surface area is 177 Å². The van der Waals surface area contributed by atoms with Crippen LogP contribution in [0, 0.1) is 11.8 Å². The second-order valence-electron chi connectivity index (χ2n) is 9.35. The van der Waals surface area contributed by atoms with E-state index in [0.29, 0.717) is 18.3 Å². The van der Waals surface area contributed by atoms with Crippen LogP contribution in [-0.2, 0) is 24.9 Å². The highest BCUT2D eigenvalue weighted by Gasteiger charge is 2.54. The van der Waals surface area contributed by atoms with Crippen LogP contribution in [0.5, 0.6) is 0 Å². The Bertz CT molecular complexity index is 981. The van der Waals surface area contributed by atoms with Gasteiger partial charge >= 0.3 is 0 Å². The molecule has 5 rings (SSSR count). The fourth-order valence-corrected chi connectivity index (χ4v) is 5.28. The van der Waals surface area contributed by atoms with Crippen LogP contribution in [0.2, 0.25) is 0 Å². The summed E-state index contributed by atoms with van der Waals surface area (Å²) in [6, 6.07) is 10.3. The fourth-order valence-electron chi connectivity index (χ4n) is 5.28. The summed E-state index contributed by atoms with van der Waals surface area (Å²) in [5, 5.41) is 8.76. The van der Waals surface area contributed by atoms with Crippen LogP contribution in [0.15, 0.2) is 41.2 Å². The van der Waals surface area contributed by atoms with E-state index in [1.807, 2.05) is 6.07 Å². The highest BCUT2D eigenvalue weighted by Crippen LogP contribution is 2.50. The Balaban J connectivity index is 1.32. The Kier molecular flexibility index (Phi) is 5.15. The van der Waals surface area contributed by atoms with Crippen LogP contribution in [0.25, 0.3) is 0 Å². The van der Waals surface area contributed by atoms with Gasteiger partial charge in [-0.15, -0.1) is 0 Å². The summed E-state index contributed by atoms with van der Waals surface area (Å²) in [5.74, 6) is 3.79. The predicted octanol–water partition coefficient (Wildman–Crippen LogP) is 3.46. The molecule has 1 aliphatic carbocycles. The summed E-state index contributed by atoms with van der Waals surface area (Å²) in [7, 11) is 0. The molecule has 0 N–H and O–H groups in total. The van der Waals surface area contributed by atoms with Crippen molar-refractivity contribution in [3.05, 3.63) is 59.8 Å². The standard InChI is InChI=1S/C23H30N6O/c1-17(2)12-29-21(24-16-25-29)14-28-13-19-9-6-10-23(19,15-28)22-26-20(27-30-22)11-18-7-4-3-5-8-18/h3-5,7-8,16-17,19H,6,9-15H2,1-2H3/t19-,23-/m1/s1. The maximum absolute atomic E-state index is 5.86. The summed E-state index contributed by atoms with van der Waals surface area (Å²) in [4.78, 5) is 11.9. The quantitative estimate of drug-likeness (QED) is 0.598. The van der Waals surface area contributed by atoms with E-state index in [0.717, 1.165) is 50.1 Å². The number of aromatic nitrogens is 5. The Morgan fingerprint density at radius 3 is 2.93 bits per heavy atom. The van der Waals surface area contributed by atoms with Gasteiger partial charge in [0.15, 0.2) is 5.82 Å². The number of nitrogens with zero attached hydrogens (tertiary/aromatic N) is 6. The topological polar surface area (TPSA) is 72.9 Å². The smallest absolute Gasteiger partial charge is 0.234 e. The van der Waals surface area contributed by atoms with Crippen LogP contribution in [0.4, 0.5) is 0 Å². The van der Waals surface area contributed by atoms with E-state index >= 15 is 0 Å². The minimum Gasteiger partial charge on any atom is -0.339 e. The van der Waals surface area contributed by atoms with Crippen molar-refractivity contribution in [2.24, 2.45) is 11.8 Å². The molecule has 0 radical (unpaired) electrons. The first-order chi connectivity index (χ1) is 14.6. The zero-order chi connectivity index (χ0) is 20.6. The van der Waals surface area contributed by atoms with Crippen molar-refractivity contribution >= 4 is 0 Å². The predicted molar refractivity (Wildman–Crippen MR) is 113 cm³/mol. The molecule has 3 heterocycles. The molecule has 0 unspecified atom stereocenters. The highest BCUT2D eigenvalue weighted by molar-refractivity contribution is 5.21. The fraction of sp³-hybridized carbons (Fsp3) is 0.565. The van der Waals surface area contributed by atoms with E-state index in [-0.39, 0.29) is 5.41 Å². The molecule has 3 aromatic rings. The van der Waals surface area contributed by atoms with E-state index in [9.17, 15) is 0 Å². The zero-order valence-corrected chi connectivity index (χ0v) is 17.9. The van der Waals surface area contributed by atoms with Gasteiger partial charge < -0.3 is 4.52 Å². The van der Waals surface area contributed by atoms with Gasteiger partial charge in [-0.05, 0) is 30.2 Å². The van der Waals surface area contributed by atoms with Crippen LogP contribution in [-0.4, -0.2) is 42.9 Å². The summed E-state index contributed by atoms with van der Waals surface area (Å²) in [6.07, 6.45) is 5.98. The molecule has 1 aromatic carbocycles. The SMILES string of the molecule is CC(C)Cn1ncnc1CN1C[C@H]2CCC[C@@]2(c2nc(Cc3ccccc3)no2)C1. The van der Waals surface area contributed by atoms with Gasteiger partial charge in [-0.1, -0.05) is 55.8 Å². The number of benzene rings is 1. The average Bonchev–Trinajstić information content (AvgIpc) is 3.47. The molecular formula is C23H30N6O. The van der Waals surface area contributed by atoms with Gasteiger partial charge in [0.05, 0.1) is 12.0 Å². The van der Waals surface area contributed by atoms with Gasteiger partial charge in [0.1, 0.15) is 12.2 Å². The third-order valence-electron chi connectivity index (χ3n) is 6.64. The van der Waals surface area contributed by atoms with Gasteiger partial charge in [0, 0.05) is 26.1 Å². The van der Waals surface area contributed by atoms with Crippen molar-refractivity contribution in [3.63, 3.8) is 0 Å². The normalized spacial score (nSPS) is 24.0. The Morgan fingerprint density at radius 1 is 1.23 bits per heavy atom. The van der Waals surface area contributed by atoms with Crippen molar-refractivity contribution in [2.75, 3.05) is 13.1 Å². The summed E-state index contributed by atoms with van der Waals surface area (Å²) >= 11 is 0. The lowest BCUT2D eigenvalue weighted by molar-refractivity contribution is 0.240. The van der Waals surface area contributed by atoms with Crippen molar-refractivity contribution in [1.82, 2.24) is 29.8 Å². The van der Waals surface area contributed by atoms with Crippen LogP contribution >= 0.6 is 0 Å². The molecule has 0 spiro atoms.